The summed E-state index contributed by atoms with van der Waals surface area (Å²) in [6, 6.07) is 14.7. The number of halogens is 1. The quantitative estimate of drug-likeness (QED) is 0.499. The molecule has 0 amide bonds. The highest BCUT2D eigenvalue weighted by atomic mass is 127. The average Bonchev–Trinajstić information content (AvgIpc) is 2.33. The predicted molar refractivity (Wildman–Crippen MR) is 84.3 cm³/mol. The summed E-state index contributed by atoms with van der Waals surface area (Å²) in [7, 11) is 0. The van der Waals surface area contributed by atoms with Crippen LogP contribution in [-0.4, -0.2) is 0 Å². The van der Waals surface area contributed by atoms with Crippen LogP contribution in [0.2, 0.25) is 0 Å². The molecule has 0 radical (unpaired) electrons. The molecular weight excluding hydrogens is 341 g/mol. The van der Waals surface area contributed by atoms with Gasteiger partial charge in [-0.15, -0.1) is 11.8 Å². The van der Waals surface area contributed by atoms with E-state index in [1.54, 1.807) is 0 Å². The minimum Gasteiger partial charge on any atom is -0.398 e. The van der Waals surface area contributed by atoms with Crippen molar-refractivity contribution < 1.29 is 0 Å². The van der Waals surface area contributed by atoms with Gasteiger partial charge in [0.05, 0.1) is 0 Å². The number of nitrogen functional groups attached to an aromatic ring is 1. The fraction of sp³-hybridized carbons (Fsp3) is 0.143. The molecule has 0 unspecified atom stereocenters. The molecule has 17 heavy (non-hydrogen) atoms. The third-order valence-electron chi connectivity index (χ3n) is 2.63. The lowest BCUT2D eigenvalue weighted by atomic mass is 10.2. The Labute approximate surface area is 120 Å². The van der Waals surface area contributed by atoms with E-state index in [2.05, 4.69) is 59.8 Å². The highest BCUT2D eigenvalue weighted by Gasteiger charge is 2.02. The maximum absolute atomic E-state index is 5.90. The fourth-order valence-corrected chi connectivity index (χ4v) is 2.91. The Morgan fingerprint density at radius 2 is 1.82 bits per heavy atom. The van der Waals surface area contributed by atoms with Crippen LogP contribution >= 0.6 is 34.4 Å². The summed E-state index contributed by atoms with van der Waals surface area (Å²) < 4.78 is 1.27. The van der Waals surface area contributed by atoms with Crippen LogP contribution < -0.4 is 5.73 Å². The zero-order chi connectivity index (χ0) is 12.3. The van der Waals surface area contributed by atoms with E-state index in [0.29, 0.717) is 0 Å². The number of anilines is 1. The number of benzene rings is 2. The monoisotopic (exact) mass is 355 g/mol. The van der Waals surface area contributed by atoms with E-state index in [0.717, 1.165) is 11.4 Å². The summed E-state index contributed by atoms with van der Waals surface area (Å²) in [6.45, 7) is 2.07. The first-order valence-corrected chi connectivity index (χ1v) is 7.45. The number of nitrogens with two attached hydrogens (primary N) is 1. The number of hydrogen-bond acceptors (Lipinski definition) is 2. The third kappa shape index (κ3) is 3.39. The van der Waals surface area contributed by atoms with Gasteiger partial charge in [-0.1, -0.05) is 18.2 Å². The molecule has 2 aromatic carbocycles. The second-order valence-electron chi connectivity index (χ2n) is 3.89. The van der Waals surface area contributed by atoms with Crippen molar-refractivity contribution in [1.29, 1.82) is 0 Å². The van der Waals surface area contributed by atoms with Crippen LogP contribution in [0.1, 0.15) is 11.1 Å². The van der Waals surface area contributed by atoms with E-state index in [4.69, 9.17) is 5.73 Å². The number of hydrogen-bond donors (Lipinski definition) is 1. The number of thioether (sulfide) groups is 1. The highest BCUT2D eigenvalue weighted by molar-refractivity contribution is 14.1. The van der Waals surface area contributed by atoms with E-state index >= 15 is 0 Å². The van der Waals surface area contributed by atoms with Crippen molar-refractivity contribution in [1.82, 2.24) is 0 Å². The van der Waals surface area contributed by atoms with Gasteiger partial charge in [-0.2, -0.15) is 0 Å². The SMILES string of the molecule is Cc1c(N)cccc1SCc1ccc(I)cc1. The summed E-state index contributed by atoms with van der Waals surface area (Å²) in [6.07, 6.45) is 0. The van der Waals surface area contributed by atoms with E-state index in [-0.39, 0.29) is 0 Å². The van der Waals surface area contributed by atoms with Crippen LogP contribution in [0.4, 0.5) is 5.69 Å². The van der Waals surface area contributed by atoms with Crippen molar-refractivity contribution >= 4 is 40.0 Å². The van der Waals surface area contributed by atoms with Gasteiger partial charge in [-0.25, -0.2) is 0 Å². The second-order valence-corrected chi connectivity index (χ2v) is 6.15. The zero-order valence-corrected chi connectivity index (χ0v) is 12.6. The maximum Gasteiger partial charge on any atom is 0.0354 e. The standard InChI is InChI=1S/C14H14INS/c1-10-13(16)3-2-4-14(10)17-9-11-5-7-12(15)8-6-11/h2-8H,9,16H2,1H3. The molecule has 2 N–H and O–H groups in total. The molecule has 0 atom stereocenters. The van der Waals surface area contributed by atoms with Gasteiger partial charge in [0.25, 0.3) is 0 Å². The molecule has 0 aromatic heterocycles. The van der Waals surface area contributed by atoms with E-state index < -0.39 is 0 Å². The molecule has 1 nitrogen and oxygen atoms in total. The zero-order valence-electron chi connectivity index (χ0n) is 9.61. The number of rotatable bonds is 3. The third-order valence-corrected chi connectivity index (χ3v) is 4.58. The van der Waals surface area contributed by atoms with Crippen molar-refractivity contribution in [3.05, 3.63) is 57.2 Å². The first-order valence-electron chi connectivity index (χ1n) is 5.39. The lowest BCUT2D eigenvalue weighted by Gasteiger charge is -2.07. The first kappa shape index (κ1) is 12.8. The molecule has 0 heterocycles. The maximum atomic E-state index is 5.90. The summed E-state index contributed by atoms with van der Waals surface area (Å²) >= 11 is 4.16. The van der Waals surface area contributed by atoms with Crippen LogP contribution in [0.5, 0.6) is 0 Å². The molecule has 0 aliphatic rings. The normalized spacial score (nSPS) is 10.5. The molecule has 0 spiro atoms. The molecule has 2 rings (SSSR count). The molecule has 0 saturated heterocycles. The van der Waals surface area contributed by atoms with Gasteiger partial charge >= 0.3 is 0 Å². The van der Waals surface area contributed by atoms with Gasteiger partial charge in [0.2, 0.25) is 0 Å². The van der Waals surface area contributed by atoms with Crippen molar-refractivity contribution in [2.75, 3.05) is 5.73 Å². The van der Waals surface area contributed by atoms with Crippen molar-refractivity contribution in [2.24, 2.45) is 0 Å². The minimum absolute atomic E-state index is 0.873. The van der Waals surface area contributed by atoms with Crippen LogP contribution in [0.25, 0.3) is 0 Å². The van der Waals surface area contributed by atoms with Crippen molar-refractivity contribution in [2.45, 2.75) is 17.6 Å². The molecule has 0 fully saturated rings. The molecule has 0 aliphatic heterocycles. The van der Waals surface area contributed by atoms with Crippen molar-refractivity contribution in [3.8, 4) is 0 Å². The molecule has 3 heteroatoms. The van der Waals surface area contributed by atoms with E-state index in [9.17, 15) is 0 Å². The van der Waals surface area contributed by atoms with E-state index in [1.165, 1.54) is 19.6 Å². The molecule has 88 valence electrons. The Hall–Kier alpha value is -0.680. The molecule has 0 saturated carbocycles. The van der Waals surface area contributed by atoms with Crippen LogP contribution in [0, 0.1) is 10.5 Å². The Kier molecular flexibility index (Phi) is 4.34. The smallest absolute Gasteiger partial charge is 0.0354 e. The topological polar surface area (TPSA) is 26.0 Å². The van der Waals surface area contributed by atoms with Crippen LogP contribution in [0.3, 0.4) is 0 Å². The summed E-state index contributed by atoms with van der Waals surface area (Å²) in [4.78, 5) is 1.27. The van der Waals surface area contributed by atoms with Gasteiger partial charge in [-0.05, 0) is 64.9 Å². The Morgan fingerprint density at radius 1 is 1.12 bits per heavy atom. The average molecular weight is 355 g/mol. The molecule has 0 aliphatic carbocycles. The second kappa shape index (κ2) is 5.78. The van der Waals surface area contributed by atoms with Gasteiger partial charge in [0.1, 0.15) is 0 Å². The predicted octanol–water partition coefficient (Wildman–Crippen LogP) is 4.47. The highest BCUT2D eigenvalue weighted by Crippen LogP contribution is 2.28. The van der Waals surface area contributed by atoms with Gasteiger partial charge in [0.15, 0.2) is 0 Å². The molecular formula is C14H14INS. The fourth-order valence-electron chi connectivity index (χ4n) is 1.53. The minimum atomic E-state index is 0.873. The lowest BCUT2D eigenvalue weighted by Crippen LogP contribution is -1.91. The summed E-state index contributed by atoms with van der Waals surface area (Å²) in [5, 5.41) is 0. The summed E-state index contributed by atoms with van der Waals surface area (Å²) in [5.41, 5.74) is 9.30. The Morgan fingerprint density at radius 3 is 2.53 bits per heavy atom. The first-order chi connectivity index (χ1) is 8.16. The Bertz CT molecular complexity index is 508. The lowest BCUT2D eigenvalue weighted by molar-refractivity contribution is 1.29. The van der Waals surface area contributed by atoms with Gasteiger partial charge in [-0.3, -0.25) is 0 Å². The summed E-state index contributed by atoms with van der Waals surface area (Å²) in [5.74, 6) is 0.987. The van der Waals surface area contributed by atoms with Gasteiger partial charge in [0, 0.05) is 19.9 Å². The molecule has 2 aromatic rings. The van der Waals surface area contributed by atoms with E-state index in [1.807, 2.05) is 23.9 Å². The van der Waals surface area contributed by atoms with Gasteiger partial charge < -0.3 is 5.73 Å². The largest absolute Gasteiger partial charge is 0.398 e. The van der Waals surface area contributed by atoms with Crippen LogP contribution in [-0.2, 0) is 5.75 Å². The van der Waals surface area contributed by atoms with Crippen LogP contribution in [0.15, 0.2) is 47.4 Å². The Balaban J connectivity index is 2.07. The van der Waals surface area contributed by atoms with Crippen molar-refractivity contribution in [3.63, 3.8) is 0 Å². The molecule has 0 bridgehead atoms.